The topological polar surface area (TPSA) is 0 Å². The van der Waals surface area contributed by atoms with Crippen molar-refractivity contribution in [3.05, 3.63) is 70.8 Å². The Morgan fingerprint density at radius 1 is 0.714 bits per heavy atom. The summed E-state index contributed by atoms with van der Waals surface area (Å²) >= 11 is 0. The second-order valence-corrected chi connectivity index (χ2v) is 10.9. The molecule has 0 N–H and O–H groups in total. The number of hydrogen-bond donors (Lipinski definition) is 0. The summed E-state index contributed by atoms with van der Waals surface area (Å²) in [5, 5.41) is 0. The Labute approximate surface area is 209 Å². The second-order valence-electron chi connectivity index (χ2n) is 10.9. The van der Waals surface area contributed by atoms with Crippen LogP contribution in [0.2, 0.25) is 0 Å². The normalized spacial score (nSPS) is 24.3. The molecule has 0 heterocycles. The van der Waals surface area contributed by atoms with Crippen molar-refractivity contribution >= 4 is 0 Å². The number of rotatable bonds is 7. The lowest BCUT2D eigenvalue weighted by molar-refractivity contribution is -0.137. The van der Waals surface area contributed by atoms with Gasteiger partial charge in [0.05, 0.1) is 5.56 Å². The monoisotopic (exact) mass is 480 g/mol. The smallest absolute Gasteiger partial charge is 0.166 e. The number of unbranched alkanes of at least 4 members (excludes halogenated alkanes) is 4. The van der Waals surface area contributed by atoms with Crippen LogP contribution < -0.4 is 0 Å². The lowest BCUT2D eigenvalue weighted by Gasteiger charge is -2.42. The number of hydrogen-bond acceptors (Lipinski definition) is 0. The van der Waals surface area contributed by atoms with E-state index < -0.39 is 11.7 Å². The average Bonchev–Trinajstić information content (AvgIpc) is 2.87. The minimum Gasteiger partial charge on any atom is -0.166 e. The molecule has 0 aliphatic heterocycles. The van der Waals surface area contributed by atoms with Crippen molar-refractivity contribution in [1.82, 2.24) is 0 Å². The van der Waals surface area contributed by atoms with Gasteiger partial charge in [-0.1, -0.05) is 75.8 Å². The zero-order valence-electron chi connectivity index (χ0n) is 21.0. The fourth-order valence-corrected chi connectivity index (χ4v) is 6.31. The number of halogens is 3. The zero-order valence-corrected chi connectivity index (χ0v) is 21.0. The molecular formula is C32H39F3. The second kappa shape index (κ2) is 12.2. The first kappa shape index (κ1) is 25.9. The molecule has 0 radical (unpaired) electrons. The van der Waals surface area contributed by atoms with Gasteiger partial charge in [-0.05, 0) is 97.7 Å². The largest absolute Gasteiger partial charge is 0.416 e. The van der Waals surface area contributed by atoms with E-state index in [2.05, 4.69) is 43.0 Å². The molecule has 188 valence electrons. The van der Waals surface area contributed by atoms with Gasteiger partial charge in [0.25, 0.3) is 0 Å². The molecule has 0 aromatic heterocycles. The predicted molar refractivity (Wildman–Crippen MR) is 138 cm³/mol. The molecule has 0 saturated heterocycles. The highest BCUT2D eigenvalue weighted by atomic mass is 19.4. The predicted octanol–water partition coefficient (Wildman–Crippen LogP) is 9.77. The zero-order chi connectivity index (χ0) is 24.7. The highest BCUT2D eigenvalue weighted by Crippen LogP contribution is 2.48. The Balaban J connectivity index is 1.26. The SMILES string of the molecule is CCCCCCCC1CC[C@@H]2C[C@H](c3ccc(C#Cc4ccc(C(F)(F)F)cc4)cc3)CC[C@@H]2C1. The van der Waals surface area contributed by atoms with Crippen LogP contribution in [-0.2, 0) is 6.18 Å². The molecule has 0 spiro atoms. The highest BCUT2D eigenvalue weighted by Gasteiger charge is 2.35. The van der Waals surface area contributed by atoms with Gasteiger partial charge in [-0.25, -0.2) is 0 Å². The highest BCUT2D eigenvalue weighted by molar-refractivity contribution is 5.44. The van der Waals surface area contributed by atoms with Gasteiger partial charge in [0, 0.05) is 11.1 Å². The van der Waals surface area contributed by atoms with E-state index in [-0.39, 0.29) is 0 Å². The van der Waals surface area contributed by atoms with Crippen molar-refractivity contribution < 1.29 is 13.2 Å². The first-order valence-electron chi connectivity index (χ1n) is 13.7. The van der Waals surface area contributed by atoms with Crippen molar-refractivity contribution in [3.63, 3.8) is 0 Å². The Bertz CT molecular complexity index is 975. The van der Waals surface area contributed by atoms with Crippen molar-refractivity contribution in [2.24, 2.45) is 17.8 Å². The van der Waals surface area contributed by atoms with Crippen LogP contribution in [0.15, 0.2) is 48.5 Å². The average molecular weight is 481 g/mol. The molecule has 0 bridgehead atoms. The summed E-state index contributed by atoms with van der Waals surface area (Å²) in [5.41, 5.74) is 2.28. The van der Waals surface area contributed by atoms with E-state index in [0.29, 0.717) is 11.5 Å². The van der Waals surface area contributed by atoms with Crippen LogP contribution in [0.5, 0.6) is 0 Å². The minimum absolute atomic E-state index is 0.594. The quantitative estimate of drug-likeness (QED) is 0.273. The maximum absolute atomic E-state index is 12.7. The molecule has 2 saturated carbocycles. The molecular weight excluding hydrogens is 441 g/mol. The fraction of sp³-hybridized carbons (Fsp3) is 0.562. The summed E-state index contributed by atoms with van der Waals surface area (Å²) < 4.78 is 38.1. The van der Waals surface area contributed by atoms with Crippen LogP contribution in [0.3, 0.4) is 0 Å². The van der Waals surface area contributed by atoms with Gasteiger partial charge in [-0.3, -0.25) is 0 Å². The van der Waals surface area contributed by atoms with Crippen LogP contribution >= 0.6 is 0 Å². The Kier molecular flexibility index (Phi) is 8.99. The van der Waals surface area contributed by atoms with Crippen molar-refractivity contribution in [2.75, 3.05) is 0 Å². The van der Waals surface area contributed by atoms with E-state index >= 15 is 0 Å². The molecule has 2 aromatic carbocycles. The summed E-state index contributed by atoms with van der Waals surface area (Å²) in [5.74, 6) is 9.54. The molecule has 4 atom stereocenters. The van der Waals surface area contributed by atoms with Crippen LogP contribution in [0.1, 0.15) is 112 Å². The van der Waals surface area contributed by atoms with E-state index in [1.165, 1.54) is 94.7 Å². The molecule has 4 rings (SSSR count). The van der Waals surface area contributed by atoms with Gasteiger partial charge in [-0.15, -0.1) is 0 Å². The maximum atomic E-state index is 12.7. The fourth-order valence-electron chi connectivity index (χ4n) is 6.31. The standard InChI is InChI=1S/C32H39F3/c1-2-3-4-5-6-7-26-12-17-30-23-29(19-18-28(30)22-26)27-15-10-24(11-16-27)8-9-25-13-20-31(21-14-25)32(33,34)35/h10-11,13-16,20-21,26,28-30H,2-7,12,17-19,22-23H2,1H3/t26?,28-,29-,30-/m1/s1. The van der Waals surface area contributed by atoms with E-state index in [1.807, 2.05) is 0 Å². The van der Waals surface area contributed by atoms with E-state index in [0.717, 1.165) is 35.4 Å². The molecule has 2 fully saturated rings. The summed E-state index contributed by atoms with van der Waals surface area (Å²) in [4.78, 5) is 0. The van der Waals surface area contributed by atoms with Gasteiger partial charge in [0.15, 0.2) is 0 Å². The van der Waals surface area contributed by atoms with E-state index in [4.69, 9.17) is 0 Å². The molecule has 2 aliphatic rings. The minimum atomic E-state index is -4.31. The molecule has 3 heteroatoms. The number of alkyl halides is 3. The van der Waals surface area contributed by atoms with Crippen molar-refractivity contribution in [2.45, 2.75) is 96.1 Å². The molecule has 2 aliphatic carbocycles. The third kappa shape index (κ3) is 7.39. The van der Waals surface area contributed by atoms with Gasteiger partial charge < -0.3 is 0 Å². The molecule has 2 aromatic rings. The van der Waals surface area contributed by atoms with Crippen LogP contribution in [-0.4, -0.2) is 0 Å². The van der Waals surface area contributed by atoms with Gasteiger partial charge >= 0.3 is 6.18 Å². The first-order chi connectivity index (χ1) is 16.9. The van der Waals surface area contributed by atoms with Crippen LogP contribution in [0.25, 0.3) is 0 Å². The van der Waals surface area contributed by atoms with Gasteiger partial charge in [0.2, 0.25) is 0 Å². The van der Waals surface area contributed by atoms with Crippen molar-refractivity contribution in [3.8, 4) is 11.8 Å². The first-order valence-corrected chi connectivity index (χ1v) is 13.7. The van der Waals surface area contributed by atoms with Crippen LogP contribution in [0, 0.1) is 29.6 Å². The summed E-state index contributed by atoms with van der Waals surface area (Å²) in [7, 11) is 0. The Morgan fingerprint density at radius 2 is 1.31 bits per heavy atom. The van der Waals surface area contributed by atoms with E-state index in [1.54, 1.807) is 0 Å². The van der Waals surface area contributed by atoms with Crippen molar-refractivity contribution in [1.29, 1.82) is 0 Å². The molecule has 1 unspecified atom stereocenters. The third-order valence-electron chi connectivity index (χ3n) is 8.38. The maximum Gasteiger partial charge on any atom is 0.416 e. The summed E-state index contributed by atoms with van der Waals surface area (Å²) in [6.45, 7) is 2.28. The van der Waals surface area contributed by atoms with E-state index in [9.17, 15) is 13.2 Å². The molecule has 0 amide bonds. The third-order valence-corrected chi connectivity index (χ3v) is 8.38. The molecule has 0 nitrogen and oxygen atoms in total. The summed E-state index contributed by atoms with van der Waals surface area (Å²) in [6, 6.07) is 13.6. The number of fused-ring (bicyclic) bond motifs is 1. The lowest BCUT2D eigenvalue weighted by Crippen LogP contribution is -2.30. The lowest BCUT2D eigenvalue weighted by atomic mass is 9.63. The van der Waals surface area contributed by atoms with Gasteiger partial charge in [-0.2, -0.15) is 13.2 Å². The Morgan fingerprint density at radius 3 is 1.97 bits per heavy atom. The molecule has 35 heavy (non-hydrogen) atoms. The summed E-state index contributed by atoms with van der Waals surface area (Å²) in [6.07, 6.45) is 12.4. The van der Waals surface area contributed by atoms with Crippen LogP contribution in [0.4, 0.5) is 13.2 Å². The van der Waals surface area contributed by atoms with Gasteiger partial charge in [0.1, 0.15) is 0 Å². The number of benzene rings is 2. The Hall–Kier alpha value is -2.21.